The second-order valence-electron chi connectivity index (χ2n) is 7.91. The number of anilines is 2. The number of hydrogen-bond acceptors (Lipinski definition) is 8. The summed E-state index contributed by atoms with van der Waals surface area (Å²) in [4.78, 5) is 38.2. The molecule has 0 unspecified atom stereocenters. The number of halogens is 1. The Hall–Kier alpha value is -3.89. The first-order valence-electron chi connectivity index (χ1n) is 11.0. The van der Waals surface area contributed by atoms with Gasteiger partial charge in [0.15, 0.2) is 11.5 Å². The zero-order chi connectivity index (χ0) is 24.2. The Kier molecular flexibility index (Phi) is 6.80. The highest BCUT2D eigenvalue weighted by Gasteiger charge is 2.33. The Bertz CT molecular complexity index is 1130. The molecule has 0 radical (unpaired) electrons. The van der Waals surface area contributed by atoms with Crippen molar-refractivity contribution in [2.24, 2.45) is 0 Å². The molecule has 11 heteroatoms. The molecule has 4 rings (SSSR count). The third-order valence-electron chi connectivity index (χ3n) is 5.56. The topological polar surface area (TPSA) is 114 Å². The number of carbonyl (C=O) groups is 3. The van der Waals surface area contributed by atoms with Crippen LogP contribution in [0.25, 0.3) is 5.57 Å². The number of nitrogens with one attached hydrogen (secondary N) is 1. The smallest absolute Gasteiger partial charge is 0.414 e. The van der Waals surface area contributed by atoms with Crippen LogP contribution in [0.3, 0.4) is 0 Å². The van der Waals surface area contributed by atoms with E-state index in [1.807, 2.05) is 11.0 Å². The molecule has 2 amide bonds. The van der Waals surface area contributed by atoms with Gasteiger partial charge in [-0.3, -0.25) is 9.69 Å². The van der Waals surface area contributed by atoms with Crippen molar-refractivity contribution >= 4 is 34.9 Å². The minimum absolute atomic E-state index is 0.113. The molecule has 0 saturated carbocycles. The zero-order valence-electron chi connectivity index (χ0n) is 18.9. The number of carbonyl (C=O) groups excluding carboxylic acids is 3. The van der Waals surface area contributed by atoms with Crippen molar-refractivity contribution < 1.29 is 32.8 Å². The molecule has 0 aliphatic carbocycles. The van der Waals surface area contributed by atoms with E-state index in [0.717, 1.165) is 5.57 Å². The Morgan fingerprint density at radius 2 is 2.15 bits per heavy atom. The SMILES string of the molecule is CCOC(=O)c1cc(C2=CCN(c3ccc(N4C[C@H](CNC(C)=O)OC4=O)cc3F)CC2)on1. The van der Waals surface area contributed by atoms with Crippen LogP contribution < -0.4 is 15.1 Å². The maximum Gasteiger partial charge on any atom is 0.414 e. The van der Waals surface area contributed by atoms with Crippen molar-refractivity contribution in [2.45, 2.75) is 26.4 Å². The number of nitrogens with zero attached hydrogens (tertiary/aromatic N) is 3. The molecular weight excluding hydrogens is 447 g/mol. The van der Waals surface area contributed by atoms with Crippen LogP contribution >= 0.6 is 0 Å². The van der Waals surface area contributed by atoms with Gasteiger partial charge in [0.2, 0.25) is 5.91 Å². The van der Waals surface area contributed by atoms with Gasteiger partial charge in [0.25, 0.3) is 0 Å². The summed E-state index contributed by atoms with van der Waals surface area (Å²) >= 11 is 0. The van der Waals surface area contributed by atoms with E-state index in [1.165, 1.54) is 17.9 Å². The van der Waals surface area contributed by atoms with Crippen molar-refractivity contribution in [1.82, 2.24) is 10.5 Å². The number of esters is 1. The van der Waals surface area contributed by atoms with Gasteiger partial charge >= 0.3 is 12.1 Å². The van der Waals surface area contributed by atoms with Crippen LogP contribution in [0.15, 0.2) is 34.9 Å². The molecule has 2 aliphatic heterocycles. The summed E-state index contributed by atoms with van der Waals surface area (Å²) in [6, 6.07) is 6.15. The van der Waals surface area contributed by atoms with E-state index in [0.29, 0.717) is 36.6 Å². The van der Waals surface area contributed by atoms with Gasteiger partial charge in [-0.05, 0) is 37.1 Å². The summed E-state index contributed by atoms with van der Waals surface area (Å²) in [7, 11) is 0. The van der Waals surface area contributed by atoms with Crippen LogP contribution in [-0.2, 0) is 14.3 Å². The second kappa shape index (κ2) is 9.94. The average Bonchev–Trinajstić information content (AvgIpc) is 3.45. The van der Waals surface area contributed by atoms with Gasteiger partial charge in [-0.2, -0.15) is 0 Å². The summed E-state index contributed by atoms with van der Waals surface area (Å²) in [5.41, 5.74) is 1.78. The maximum atomic E-state index is 15.0. The van der Waals surface area contributed by atoms with Crippen LogP contribution in [0.1, 0.15) is 36.5 Å². The minimum Gasteiger partial charge on any atom is -0.461 e. The van der Waals surface area contributed by atoms with Crippen LogP contribution in [0, 0.1) is 5.82 Å². The lowest BCUT2D eigenvalue weighted by atomic mass is 10.0. The highest BCUT2D eigenvalue weighted by Crippen LogP contribution is 2.31. The van der Waals surface area contributed by atoms with Gasteiger partial charge in [0, 0.05) is 26.1 Å². The maximum absolute atomic E-state index is 15.0. The van der Waals surface area contributed by atoms with Gasteiger partial charge in [0.1, 0.15) is 11.9 Å². The van der Waals surface area contributed by atoms with Gasteiger partial charge in [-0.15, -0.1) is 0 Å². The van der Waals surface area contributed by atoms with Crippen LogP contribution in [0.4, 0.5) is 20.6 Å². The van der Waals surface area contributed by atoms with Crippen molar-refractivity contribution in [3.05, 3.63) is 47.6 Å². The van der Waals surface area contributed by atoms with Crippen molar-refractivity contribution in [3.8, 4) is 0 Å². The van der Waals surface area contributed by atoms with E-state index in [2.05, 4.69) is 10.5 Å². The van der Waals surface area contributed by atoms with Gasteiger partial charge < -0.3 is 24.2 Å². The predicted octanol–water partition coefficient (Wildman–Crippen LogP) is 2.75. The molecule has 1 atom stereocenters. The summed E-state index contributed by atoms with van der Waals surface area (Å²) in [6.07, 6.45) is 1.39. The first kappa shape index (κ1) is 23.3. The Morgan fingerprint density at radius 1 is 1.32 bits per heavy atom. The molecule has 1 fully saturated rings. The monoisotopic (exact) mass is 472 g/mol. The number of cyclic esters (lactones) is 1. The number of benzene rings is 1. The highest BCUT2D eigenvalue weighted by molar-refractivity contribution is 5.90. The normalized spacial score (nSPS) is 17.9. The van der Waals surface area contributed by atoms with Gasteiger partial charge in [-0.25, -0.2) is 14.0 Å². The van der Waals surface area contributed by atoms with E-state index >= 15 is 0 Å². The molecule has 2 aromatic rings. The fourth-order valence-corrected chi connectivity index (χ4v) is 3.86. The minimum atomic E-state index is -0.581. The molecule has 1 aromatic carbocycles. The number of ether oxygens (including phenoxy) is 2. The van der Waals surface area contributed by atoms with E-state index < -0.39 is 24.0 Å². The van der Waals surface area contributed by atoms with E-state index in [-0.39, 0.29) is 31.3 Å². The fraction of sp³-hybridized carbons (Fsp3) is 0.391. The quantitative estimate of drug-likeness (QED) is 0.612. The Morgan fingerprint density at radius 3 is 2.82 bits per heavy atom. The fourth-order valence-electron chi connectivity index (χ4n) is 3.86. The largest absolute Gasteiger partial charge is 0.461 e. The molecule has 180 valence electrons. The first-order chi connectivity index (χ1) is 16.4. The van der Waals surface area contributed by atoms with Crippen molar-refractivity contribution in [3.63, 3.8) is 0 Å². The molecule has 3 heterocycles. The lowest BCUT2D eigenvalue weighted by Crippen LogP contribution is -2.33. The summed E-state index contributed by atoms with van der Waals surface area (Å²) < 4.78 is 30.4. The van der Waals surface area contributed by atoms with E-state index in [1.54, 1.807) is 25.1 Å². The van der Waals surface area contributed by atoms with E-state index in [9.17, 15) is 18.8 Å². The van der Waals surface area contributed by atoms with Gasteiger partial charge in [-0.1, -0.05) is 11.2 Å². The molecule has 1 N–H and O–H groups in total. The molecule has 1 aromatic heterocycles. The Balaban J connectivity index is 1.40. The second-order valence-corrected chi connectivity index (χ2v) is 7.91. The first-order valence-corrected chi connectivity index (χ1v) is 11.0. The molecule has 0 spiro atoms. The van der Waals surface area contributed by atoms with Crippen LogP contribution in [0.5, 0.6) is 0 Å². The van der Waals surface area contributed by atoms with Crippen LogP contribution in [0.2, 0.25) is 0 Å². The Labute approximate surface area is 195 Å². The summed E-state index contributed by atoms with van der Waals surface area (Å²) in [5.74, 6) is -0.732. The molecular formula is C23H25FN4O6. The number of aromatic nitrogens is 1. The number of rotatable bonds is 7. The zero-order valence-corrected chi connectivity index (χ0v) is 18.9. The molecule has 1 saturated heterocycles. The summed E-state index contributed by atoms with van der Waals surface area (Å²) in [5, 5.41) is 6.36. The van der Waals surface area contributed by atoms with Crippen molar-refractivity contribution in [1.29, 1.82) is 0 Å². The molecule has 2 aliphatic rings. The highest BCUT2D eigenvalue weighted by atomic mass is 19.1. The van der Waals surface area contributed by atoms with Crippen molar-refractivity contribution in [2.75, 3.05) is 42.6 Å². The van der Waals surface area contributed by atoms with Gasteiger partial charge in [0.05, 0.1) is 31.1 Å². The lowest BCUT2D eigenvalue weighted by Gasteiger charge is -2.28. The number of amides is 2. The standard InChI is InChI=1S/C23H25FN4O6/c1-3-32-22(30)19-11-21(34-26-19)15-6-8-27(9-7-15)20-5-4-16(10-18(20)24)28-13-17(33-23(28)31)12-25-14(2)29/h4-6,10-11,17H,3,7-9,12-13H2,1-2H3,(H,25,29)/t17-/m0/s1. The summed E-state index contributed by atoms with van der Waals surface area (Å²) in [6.45, 7) is 4.73. The third-order valence-corrected chi connectivity index (χ3v) is 5.56. The third kappa shape index (κ3) is 5.03. The average molecular weight is 472 g/mol. The lowest BCUT2D eigenvalue weighted by molar-refractivity contribution is -0.119. The molecule has 0 bridgehead atoms. The number of hydrogen-bond donors (Lipinski definition) is 1. The molecule has 34 heavy (non-hydrogen) atoms. The predicted molar refractivity (Wildman–Crippen MR) is 120 cm³/mol. The van der Waals surface area contributed by atoms with Crippen LogP contribution in [-0.4, -0.2) is 62.0 Å². The molecule has 10 nitrogen and oxygen atoms in total. The van der Waals surface area contributed by atoms with E-state index in [4.69, 9.17) is 14.0 Å².